The number of hydrogen-bond donors (Lipinski definition) is 0. The van der Waals surface area contributed by atoms with Crippen molar-refractivity contribution in [3.63, 3.8) is 0 Å². The third-order valence-corrected chi connectivity index (χ3v) is 3.13. The van der Waals surface area contributed by atoms with Crippen molar-refractivity contribution < 1.29 is 18.9 Å². The molecule has 0 atom stereocenters. The zero-order valence-corrected chi connectivity index (χ0v) is 12.6. The summed E-state index contributed by atoms with van der Waals surface area (Å²) in [4.78, 5) is 2.61. The molecule has 2 heteroatoms. The molecule has 0 radical (unpaired) electrons. The first-order valence-corrected chi connectivity index (χ1v) is 7.36. The van der Waals surface area contributed by atoms with Crippen molar-refractivity contribution in [2.75, 3.05) is 19.6 Å². The molecule has 0 bridgehead atoms. The van der Waals surface area contributed by atoms with E-state index in [4.69, 9.17) is 0 Å². The summed E-state index contributed by atoms with van der Waals surface area (Å²) < 4.78 is 0. The van der Waals surface area contributed by atoms with Crippen molar-refractivity contribution in [1.29, 1.82) is 0 Å². The van der Waals surface area contributed by atoms with Gasteiger partial charge in [-0.3, -0.25) is 0 Å². The molecule has 0 heterocycles. The summed E-state index contributed by atoms with van der Waals surface area (Å²) in [5.74, 6) is 0. The molecule has 98 valence electrons. The first kappa shape index (κ1) is 19.9. The van der Waals surface area contributed by atoms with E-state index in [1.807, 2.05) is 0 Å². The van der Waals surface area contributed by atoms with Crippen LogP contribution in [0.4, 0.5) is 0 Å². The fraction of sp³-hybridized carbons (Fsp3) is 0.933. The van der Waals surface area contributed by atoms with E-state index in [2.05, 4.69) is 25.7 Å². The van der Waals surface area contributed by atoms with Crippen LogP contribution in [-0.2, 0) is 0 Å². The Bertz CT molecular complexity index is 116. The fourth-order valence-electron chi connectivity index (χ4n) is 2.08. The zero-order chi connectivity index (χ0) is 12.1. The second-order valence-corrected chi connectivity index (χ2v) is 4.82. The maximum Gasteiger partial charge on any atom is 1.00 e. The first-order valence-electron chi connectivity index (χ1n) is 7.36. The Morgan fingerprint density at radius 2 is 1.18 bits per heavy atom. The maximum atomic E-state index is 3.97. The molecule has 0 saturated heterocycles. The summed E-state index contributed by atoms with van der Waals surface area (Å²) in [6, 6.07) is 0. The average Bonchev–Trinajstić information content (AvgIpc) is 2.30. The molecular weight excluding hydrogens is 201 g/mol. The summed E-state index contributed by atoms with van der Waals surface area (Å²) in [6.45, 7) is 12.3. The molecule has 0 fully saturated rings. The molecule has 0 amide bonds. The molecule has 0 spiro atoms. The summed E-state index contributed by atoms with van der Waals surface area (Å²) >= 11 is 0. The molecule has 0 aromatic carbocycles. The Labute approximate surface area is 122 Å². The number of nitrogens with zero attached hydrogens (tertiary/aromatic N) is 1. The van der Waals surface area contributed by atoms with E-state index in [1.165, 1.54) is 71.0 Å². The summed E-state index contributed by atoms with van der Waals surface area (Å²) in [7, 11) is 0. The normalized spacial score (nSPS) is 10.6. The van der Waals surface area contributed by atoms with Crippen LogP contribution in [0.2, 0.25) is 0 Å². The molecule has 0 aliphatic rings. The monoisotopic (exact) mass is 233 g/mol. The van der Waals surface area contributed by atoms with Crippen LogP contribution in [0.3, 0.4) is 0 Å². The Hall–Kier alpha value is 0.557. The van der Waals surface area contributed by atoms with Gasteiger partial charge in [-0.25, -0.2) is 0 Å². The average molecular weight is 233 g/mol. The maximum absolute atomic E-state index is 3.97. The van der Waals surface area contributed by atoms with Crippen LogP contribution in [0.25, 0.3) is 0 Å². The molecule has 0 N–H and O–H groups in total. The number of rotatable bonds is 12. The SMILES string of the molecule is [CH2-]CCN(CCCCCC)CCCCCC.[Li+]. The van der Waals surface area contributed by atoms with Crippen molar-refractivity contribution in [1.82, 2.24) is 4.90 Å². The molecule has 0 saturated carbocycles. The summed E-state index contributed by atoms with van der Waals surface area (Å²) in [5, 5.41) is 0. The van der Waals surface area contributed by atoms with Gasteiger partial charge in [0.05, 0.1) is 0 Å². The Morgan fingerprint density at radius 1 is 0.706 bits per heavy atom. The molecule has 0 unspecified atom stereocenters. The van der Waals surface area contributed by atoms with Crippen LogP contribution >= 0.6 is 0 Å². The molecule has 0 aliphatic carbocycles. The van der Waals surface area contributed by atoms with Gasteiger partial charge in [-0.2, -0.15) is 6.42 Å². The predicted molar refractivity (Wildman–Crippen MR) is 74.7 cm³/mol. The van der Waals surface area contributed by atoms with Crippen molar-refractivity contribution in [2.45, 2.75) is 71.6 Å². The van der Waals surface area contributed by atoms with E-state index in [9.17, 15) is 0 Å². The second-order valence-electron chi connectivity index (χ2n) is 4.82. The minimum Gasteiger partial charge on any atom is -0.342 e. The van der Waals surface area contributed by atoms with Crippen molar-refractivity contribution in [3.05, 3.63) is 6.92 Å². The van der Waals surface area contributed by atoms with Crippen LogP contribution in [0.5, 0.6) is 0 Å². The predicted octanol–water partition coefficient (Wildman–Crippen LogP) is 1.68. The van der Waals surface area contributed by atoms with Gasteiger partial charge in [-0.05, 0) is 32.5 Å². The van der Waals surface area contributed by atoms with Gasteiger partial charge in [-0.1, -0.05) is 52.4 Å². The largest absolute Gasteiger partial charge is 1.00 e. The molecule has 1 nitrogen and oxygen atoms in total. The standard InChI is InChI=1S/C15H32N.Li/c1-4-7-9-11-14-16(13-6-3)15-12-10-8-5-2;/h3-15H2,1-2H3;/q-1;+1. The third-order valence-electron chi connectivity index (χ3n) is 3.13. The topological polar surface area (TPSA) is 3.24 Å². The van der Waals surface area contributed by atoms with Gasteiger partial charge in [-0.15, -0.1) is 0 Å². The molecule has 0 aromatic heterocycles. The minimum absolute atomic E-state index is 0. The Kier molecular flexibility index (Phi) is 19.4. The second kappa shape index (κ2) is 16.6. The van der Waals surface area contributed by atoms with E-state index < -0.39 is 0 Å². The van der Waals surface area contributed by atoms with E-state index >= 15 is 0 Å². The fourth-order valence-corrected chi connectivity index (χ4v) is 2.08. The number of unbranched alkanes of at least 4 members (excludes halogenated alkanes) is 6. The van der Waals surface area contributed by atoms with Crippen LogP contribution in [0.1, 0.15) is 71.6 Å². The van der Waals surface area contributed by atoms with Gasteiger partial charge in [0, 0.05) is 0 Å². The zero-order valence-electron chi connectivity index (χ0n) is 12.6. The van der Waals surface area contributed by atoms with Gasteiger partial charge < -0.3 is 11.8 Å². The van der Waals surface area contributed by atoms with E-state index in [0.717, 1.165) is 6.42 Å². The van der Waals surface area contributed by atoms with E-state index in [1.54, 1.807) is 0 Å². The number of hydrogen-bond acceptors (Lipinski definition) is 1. The molecule has 17 heavy (non-hydrogen) atoms. The van der Waals surface area contributed by atoms with Crippen molar-refractivity contribution >= 4 is 0 Å². The van der Waals surface area contributed by atoms with Crippen molar-refractivity contribution in [3.8, 4) is 0 Å². The molecule has 0 rings (SSSR count). The third kappa shape index (κ3) is 14.5. The Balaban J connectivity index is 0. The Morgan fingerprint density at radius 3 is 1.53 bits per heavy atom. The quantitative estimate of drug-likeness (QED) is 0.282. The van der Waals surface area contributed by atoms with E-state index in [-0.39, 0.29) is 18.9 Å². The van der Waals surface area contributed by atoms with Gasteiger partial charge in [0.2, 0.25) is 0 Å². The van der Waals surface area contributed by atoms with Crippen molar-refractivity contribution in [2.24, 2.45) is 0 Å². The van der Waals surface area contributed by atoms with Crippen LogP contribution < -0.4 is 18.9 Å². The first-order chi connectivity index (χ1) is 7.85. The molecular formula is C15H32LiN. The summed E-state index contributed by atoms with van der Waals surface area (Å²) in [6.07, 6.45) is 12.1. The molecule has 0 aliphatic heterocycles. The van der Waals surface area contributed by atoms with Gasteiger partial charge >= 0.3 is 18.9 Å². The van der Waals surface area contributed by atoms with Crippen LogP contribution in [-0.4, -0.2) is 24.5 Å². The smallest absolute Gasteiger partial charge is 0.342 e. The van der Waals surface area contributed by atoms with Gasteiger partial charge in [0.25, 0.3) is 0 Å². The molecule has 0 aromatic rings. The van der Waals surface area contributed by atoms with Crippen LogP contribution in [0.15, 0.2) is 0 Å². The van der Waals surface area contributed by atoms with Crippen LogP contribution in [0, 0.1) is 6.92 Å². The summed E-state index contributed by atoms with van der Waals surface area (Å²) in [5.41, 5.74) is 0. The van der Waals surface area contributed by atoms with Gasteiger partial charge in [0.15, 0.2) is 0 Å². The van der Waals surface area contributed by atoms with E-state index in [0.29, 0.717) is 0 Å². The van der Waals surface area contributed by atoms with Gasteiger partial charge in [0.1, 0.15) is 0 Å². The minimum atomic E-state index is 0.